The van der Waals surface area contributed by atoms with Crippen LogP contribution in [0.15, 0.2) is 29.6 Å². The van der Waals surface area contributed by atoms with E-state index in [-0.39, 0.29) is 17.9 Å². The first-order valence-electron chi connectivity index (χ1n) is 10.3. The molecule has 2 aromatic rings. The molecule has 0 radical (unpaired) electrons. The number of carbonyl (C=O) groups excluding carboxylic acids is 1. The number of hydrogen-bond donors (Lipinski definition) is 2. The van der Waals surface area contributed by atoms with Gasteiger partial charge in [0.1, 0.15) is 11.6 Å². The highest BCUT2D eigenvalue weighted by atomic mass is 32.1. The molecule has 30 heavy (non-hydrogen) atoms. The lowest BCUT2D eigenvalue weighted by molar-refractivity contribution is -0.919. The molecule has 1 fully saturated rings. The monoisotopic (exact) mass is 426 g/mol. The van der Waals surface area contributed by atoms with Gasteiger partial charge in [-0.2, -0.15) is 5.26 Å². The summed E-state index contributed by atoms with van der Waals surface area (Å²) in [5, 5.41) is 14.7. The van der Waals surface area contributed by atoms with E-state index in [0.717, 1.165) is 31.6 Å². The van der Waals surface area contributed by atoms with Crippen LogP contribution in [0.2, 0.25) is 0 Å². The van der Waals surface area contributed by atoms with Gasteiger partial charge in [0.2, 0.25) is 0 Å². The van der Waals surface area contributed by atoms with Gasteiger partial charge >= 0.3 is 0 Å². The first-order chi connectivity index (χ1) is 14.5. The lowest BCUT2D eigenvalue weighted by Crippen LogP contribution is -3.14. The highest BCUT2D eigenvalue weighted by Crippen LogP contribution is 2.39. The van der Waals surface area contributed by atoms with E-state index >= 15 is 0 Å². The standard InChI is InChI=1S/C23H27N3O3S/c1-23(14-24,16-6-7-16)25-21(27)13-26-9-8-15-11-18(28-2)19(29-3)12-17(15)22(26)20-5-4-10-30-20/h4-5,10-12,16,22H,6-9,13H2,1-3H3,(H,25,27)/p+1/t22-,23-/m1/s1. The summed E-state index contributed by atoms with van der Waals surface area (Å²) in [7, 11) is 3.30. The summed E-state index contributed by atoms with van der Waals surface area (Å²) in [5.74, 6) is 1.64. The molecule has 2 aliphatic rings. The molecule has 7 heteroatoms. The van der Waals surface area contributed by atoms with Crippen LogP contribution in [0.5, 0.6) is 11.5 Å². The Balaban J connectivity index is 1.62. The van der Waals surface area contributed by atoms with Gasteiger partial charge < -0.3 is 19.7 Å². The van der Waals surface area contributed by atoms with Gasteiger partial charge in [-0.05, 0) is 54.8 Å². The molecule has 4 rings (SSSR count). The maximum absolute atomic E-state index is 12.9. The lowest BCUT2D eigenvalue weighted by Gasteiger charge is -2.34. The smallest absolute Gasteiger partial charge is 0.276 e. The lowest BCUT2D eigenvalue weighted by atomic mass is 9.90. The largest absolute Gasteiger partial charge is 0.493 e. The second kappa shape index (κ2) is 8.29. The van der Waals surface area contributed by atoms with Crippen molar-refractivity contribution in [1.82, 2.24) is 5.32 Å². The Bertz CT molecular complexity index is 965. The third kappa shape index (κ3) is 3.90. The third-order valence-electron chi connectivity index (χ3n) is 6.32. The third-order valence-corrected chi connectivity index (χ3v) is 7.26. The van der Waals surface area contributed by atoms with Crippen molar-refractivity contribution in [2.24, 2.45) is 5.92 Å². The van der Waals surface area contributed by atoms with Crippen molar-refractivity contribution < 1.29 is 19.2 Å². The Hall–Kier alpha value is -2.56. The number of benzene rings is 1. The number of carbonyl (C=O) groups is 1. The molecule has 1 aromatic carbocycles. The molecule has 1 aromatic heterocycles. The van der Waals surface area contributed by atoms with Gasteiger partial charge in [0, 0.05) is 12.0 Å². The second-order valence-corrected chi connectivity index (χ2v) is 9.31. The number of methoxy groups -OCH3 is 2. The molecule has 0 bridgehead atoms. The predicted molar refractivity (Wildman–Crippen MR) is 115 cm³/mol. The number of hydrogen-bond acceptors (Lipinski definition) is 5. The van der Waals surface area contributed by atoms with E-state index < -0.39 is 5.54 Å². The Morgan fingerprint density at radius 1 is 1.33 bits per heavy atom. The Morgan fingerprint density at radius 3 is 2.67 bits per heavy atom. The summed E-state index contributed by atoms with van der Waals surface area (Å²) < 4.78 is 11.0. The van der Waals surface area contributed by atoms with E-state index in [0.29, 0.717) is 12.3 Å². The second-order valence-electron chi connectivity index (χ2n) is 8.33. The quantitative estimate of drug-likeness (QED) is 0.711. The number of fused-ring (bicyclic) bond motifs is 1. The summed E-state index contributed by atoms with van der Waals surface area (Å²) in [6.07, 6.45) is 2.87. The highest BCUT2D eigenvalue weighted by Gasteiger charge is 2.44. The van der Waals surface area contributed by atoms with Crippen LogP contribution in [0.4, 0.5) is 0 Å². The maximum atomic E-state index is 12.9. The fourth-order valence-electron chi connectivity index (χ4n) is 4.50. The van der Waals surface area contributed by atoms with Crippen molar-refractivity contribution in [2.45, 2.75) is 37.8 Å². The zero-order valence-electron chi connectivity index (χ0n) is 17.7. The predicted octanol–water partition coefficient (Wildman–Crippen LogP) is 2.10. The summed E-state index contributed by atoms with van der Waals surface area (Å²) in [5.41, 5.74) is 1.64. The number of ether oxygens (including phenoxy) is 2. The van der Waals surface area contributed by atoms with E-state index in [1.165, 1.54) is 20.9 Å². The van der Waals surface area contributed by atoms with Crippen LogP contribution >= 0.6 is 11.3 Å². The normalized spacial score (nSPS) is 22.3. The highest BCUT2D eigenvalue weighted by molar-refractivity contribution is 7.10. The topological polar surface area (TPSA) is 75.8 Å². The molecule has 2 heterocycles. The minimum atomic E-state index is -0.765. The van der Waals surface area contributed by atoms with Crippen molar-refractivity contribution in [1.29, 1.82) is 5.26 Å². The molecule has 1 aliphatic heterocycles. The van der Waals surface area contributed by atoms with Gasteiger partial charge in [-0.25, -0.2) is 0 Å². The number of quaternary nitrogens is 1. The van der Waals surface area contributed by atoms with Crippen molar-refractivity contribution in [3.05, 3.63) is 45.6 Å². The fourth-order valence-corrected chi connectivity index (χ4v) is 5.41. The minimum absolute atomic E-state index is 0.0496. The Kier molecular flexibility index (Phi) is 5.72. The van der Waals surface area contributed by atoms with Gasteiger partial charge in [-0.1, -0.05) is 6.07 Å². The fraction of sp³-hybridized carbons (Fsp3) is 0.478. The van der Waals surface area contributed by atoms with Crippen LogP contribution in [0, 0.1) is 17.2 Å². The van der Waals surface area contributed by atoms with Crippen LogP contribution in [0.3, 0.4) is 0 Å². The number of nitrogens with zero attached hydrogens (tertiary/aromatic N) is 1. The molecular weight excluding hydrogens is 398 g/mol. The molecule has 0 saturated heterocycles. The first-order valence-corrected chi connectivity index (χ1v) is 11.2. The van der Waals surface area contributed by atoms with Crippen LogP contribution in [0.1, 0.15) is 41.8 Å². The molecule has 3 atom stereocenters. The number of nitrogens with one attached hydrogen (secondary N) is 2. The number of nitriles is 1. The zero-order valence-corrected chi connectivity index (χ0v) is 18.5. The van der Waals surface area contributed by atoms with Crippen molar-refractivity contribution in [3.8, 4) is 17.6 Å². The van der Waals surface area contributed by atoms with E-state index in [2.05, 4.69) is 35.0 Å². The number of amides is 1. The van der Waals surface area contributed by atoms with Crippen LogP contribution in [-0.4, -0.2) is 38.8 Å². The number of rotatable bonds is 7. The van der Waals surface area contributed by atoms with Gasteiger partial charge in [-0.3, -0.25) is 4.79 Å². The van der Waals surface area contributed by atoms with E-state index in [1.54, 1.807) is 25.6 Å². The molecule has 6 nitrogen and oxygen atoms in total. The first kappa shape index (κ1) is 20.7. The summed E-state index contributed by atoms with van der Waals surface area (Å²) in [6, 6.07) is 10.7. The average Bonchev–Trinajstić information content (AvgIpc) is 3.49. The molecule has 1 unspecified atom stereocenters. The van der Waals surface area contributed by atoms with Crippen molar-refractivity contribution >= 4 is 17.2 Å². The Labute approximate surface area is 181 Å². The van der Waals surface area contributed by atoms with Gasteiger partial charge in [-0.15, -0.1) is 11.3 Å². The van der Waals surface area contributed by atoms with Gasteiger partial charge in [0.05, 0.1) is 31.7 Å². The molecule has 1 amide bonds. The molecule has 158 valence electrons. The molecule has 1 aliphatic carbocycles. The van der Waals surface area contributed by atoms with Gasteiger partial charge in [0.15, 0.2) is 18.0 Å². The molecule has 1 saturated carbocycles. The van der Waals surface area contributed by atoms with Gasteiger partial charge in [0.25, 0.3) is 5.91 Å². The number of thiophene rings is 1. The molecular formula is C23H28N3O3S+. The van der Waals surface area contributed by atoms with Crippen molar-refractivity contribution in [3.63, 3.8) is 0 Å². The summed E-state index contributed by atoms with van der Waals surface area (Å²) in [6.45, 7) is 3.02. The summed E-state index contributed by atoms with van der Waals surface area (Å²) >= 11 is 1.70. The van der Waals surface area contributed by atoms with Crippen molar-refractivity contribution in [2.75, 3.05) is 27.3 Å². The van der Waals surface area contributed by atoms with E-state index in [1.807, 2.05) is 13.0 Å². The average molecular weight is 427 g/mol. The Morgan fingerprint density at radius 2 is 2.07 bits per heavy atom. The van der Waals surface area contributed by atoms with Crippen LogP contribution in [0.25, 0.3) is 0 Å². The maximum Gasteiger partial charge on any atom is 0.276 e. The van der Waals surface area contributed by atoms with E-state index in [4.69, 9.17) is 9.47 Å². The van der Waals surface area contributed by atoms with Crippen LogP contribution < -0.4 is 19.7 Å². The van der Waals surface area contributed by atoms with E-state index in [9.17, 15) is 10.1 Å². The summed E-state index contributed by atoms with van der Waals surface area (Å²) in [4.78, 5) is 15.3. The molecule has 2 N–H and O–H groups in total. The minimum Gasteiger partial charge on any atom is -0.493 e. The SMILES string of the molecule is COc1cc2c(cc1OC)[C@H](c1cccs1)[NH+](CC(=O)N[C@](C)(C#N)C1CC1)CC2. The van der Waals surface area contributed by atoms with Crippen LogP contribution in [-0.2, 0) is 11.2 Å². The zero-order chi connectivity index (χ0) is 21.3. The molecule has 0 spiro atoms.